The van der Waals surface area contributed by atoms with Crippen molar-refractivity contribution in [1.29, 1.82) is 0 Å². The lowest BCUT2D eigenvalue weighted by Gasteiger charge is -2.41. The number of nitrogens with two attached hydrogens (primary N) is 1. The van der Waals surface area contributed by atoms with Crippen molar-refractivity contribution in [2.24, 2.45) is 11.1 Å². The van der Waals surface area contributed by atoms with Crippen LogP contribution in [0.5, 0.6) is 0 Å². The Hall–Kier alpha value is -2.73. The average molecular weight is 410 g/mol. The van der Waals surface area contributed by atoms with E-state index in [9.17, 15) is 14.0 Å². The van der Waals surface area contributed by atoms with E-state index in [0.29, 0.717) is 38.1 Å². The maximum Gasteiger partial charge on any atom is 0.251 e. The first-order valence-electron chi connectivity index (χ1n) is 10.5. The molecular weight excluding hydrogens is 383 g/mol. The van der Waals surface area contributed by atoms with E-state index in [-0.39, 0.29) is 17.6 Å². The van der Waals surface area contributed by atoms with Gasteiger partial charge in [0.25, 0.3) is 5.91 Å². The van der Waals surface area contributed by atoms with Crippen LogP contribution in [0.2, 0.25) is 0 Å². The van der Waals surface area contributed by atoms with Gasteiger partial charge < -0.3 is 15.4 Å². The second-order valence-electron chi connectivity index (χ2n) is 8.36. The van der Waals surface area contributed by atoms with E-state index in [4.69, 9.17) is 10.5 Å². The number of primary amides is 1. The fourth-order valence-electron chi connectivity index (χ4n) is 4.62. The van der Waals surface area contributed by atoms with Gasteiger partial charge in [0.05, 0.1) is 5.41 Å². The lowest BCUT2D eigenvalue weighted by atomic mass is 9.74. The summed E-state index contributed by atoms with van der Waals surface area (Å²) < 4.78 is 19.6. The molecule has 2 heterocycles. The molecule has 0 radical (unpaired) electrons. The maximum absolute atomic E-state index is 14.1. The van der Waals surface area contributed by atoms with Gasteiger partial charge in [-0.15, -0.1) is 0 Å². The standard InChI is InChI=1S/C24H27FN2O3/c25-20-6-2-1-5-19(20)18-10-8-17(9-11-18)15-24(23(26)29)12-4-13-27(16-24)22(28)21-7-3-14-30-21/h1-2,5-6,8-11,21H,3-4,7,12-16H2,(H2,26,29)/t21-,24+/m1/s1. The van der Waals surface area contributed by atoms with Crippen molar-refractivity contribution < 1.29 is 18.7 Å². The third-order valence-electron chi connectivity index (χ3n) is 6.30. The number of carbonyl (C=O) groups excluding carboxylic acids is 2. The summed E-state index contributed by atoms with van der Waals surface area (Å²) in [6.45, 7) is 1.55. The molecule has 0 spiro atoms. The van der Waals surface area contributed by atoms with Gasteiger partial charge in [0, 0.05) is 25.3 Å². The lowest BCUT2D eigenvalue weighted by Crippen LogP contribution is -2.55. The van der Waals surface area contributed by atoms with Gasteiger partial charge in [-0.25, -0.2) is 4.39 Å². The van der Waals surface area contributed by atoms with Crippen LogP contribution in [0.25, 0.3) is 11.1 Å². The lowest BCUT2D eigenvalue weighted by molar-refractivity contribution is -0.147. The minimum Gasteiger partial charge on any atom is -0.369 e. The van der Waals surface area contributed by atoms with Crippen LogP contribution in [0.3, 0.4) is 0 Å². The predicted octanol–water partition coefficient (Wildman–Crippen LogP) is 3.31. The summed E-state index contributed by atoms with van der Waals surface area (Å²) in [6.07, 6.45) is 3.06. The van der Waals surface area contributed by atoms with Crippen LogP contribution in [-0.2, 0) is 20.7 Å². The van der Waals surface area contributed by atoms with E-state index in [1.165, 1.54) is 6.07 Å². The molecule has 2 aromatic rings. The largest absolute Gasteiger partial charge is 0.369 e. The highest BCUT2D eigenvalue weighted by molar-refractivity contribution is 5.85. The highest BCUT2D eigenvalue weighted by Crippen LogP contribution is 2.35. The number of amides is 2. The van der Waals surface area contributed by atoms with Crippen molar-refractivity contribution in [3.8, 4) is 11.1 Å². The number of piperidine rings is 1. The van der Waals surface area contributed by atoms with E-state index in [1.807, 2.05) is 24.3 Å². The molecule has 0 aliphatic carbocycles. The summed E-state index contributed by atoms with van der Waals surface area (Å²) in [5, 5.41) is 0. The van der Waals surface area contributed by atoms with E-state index >= 15 is 0 Å². The third-order valence-corrected chi connectivity index (χ3v) is 6.30. The molecule has 0 bridgehead atoms. The molecule has 0 unspecified atom stereocenters. The molecular formula is C24H27FN2O3. The smallest absolute Gasteiger partial charge is 0.251 e. The van der Waals surface area contributed by atoms with Gasteiger partial charge in [0.15, 0.2) is 0 Å². The number of likely N-dealkylation sites (tertiary alicyclic amines) is 1. The van der Waals surface area contributed by atoms with Crippen LogP contribution in [-0.4, -0.2) is 42.5 Å². The Kier molecular flexibility index (Phi) is 5.86. The summed E-state index contributed by atoms with van der Waals surface area (Å²) in [5.74, 6) is -0.687. The fourth-order valence-corrected chi connectivity index (χ4v) is 4.62. The first-order chi connectivity index (χ1) is 14.5. The Morgan fingerprint density at radius 2 is 1.90 bits per heavy atom. The second-order valence-corrected chi connectivity index (χ2v) is 8.36. The van der Waals surface area contributed by atoms with Crippen LogP contribution < -0.4 is 5.73 Å². The summed E-state index contributed by atoms with van der Waals surface area (Å²) in [6, 6.07) is 14.2. The number of hydrogen-bond donors (Lipinski definition) is 1. The summed E-state index contributed by atoms with van der Waals surface area (Å²) >= 11 is 0. The molecule has 2 aliphatic heterocycles. The van der Waals surface area contributed by atoms with Gasteiger partial charge in [-0.3, -0.25) is 9.59 Å². The maximum atomic E-state index is 14.1. The molecule has 158 valence electrons. The average Bonchev–Trinajstić information content (AvgIpc) is 3.29. The van der Waals surface area contributed by atoms with Gasteiger partial charge in [-0.2, -0.15) is 0 Å². The number of benzene rings is 2. The summed E-state index contributed by atoms with van der Waals surface area (Å²) in [5.41, 5.74) is 7.32. The zero-order valence-electron chi connectivity index (χ0n) is 17.0. The van der Waals surface area contributed by atoms with Crippen molar-refractivity contribution >= 4 is 11.8 Å². The van der Waals surface area contributed by atoms with Crippen LogP contribution in [0, 0.1) is 11.2 Å². The molecule has 2 atom stereocenters. The number of rotatable bonds is 5. The molecule has 0 aromatic heterocycles. The molecule has 2 aromatic carbocycles. The van der Waals surface area contributed by atoms with E-state index in [0.717, 1.165) is 30.4 Å². The number of halogens is 1. The normalized spacial score (nSPS) is 24.0. The Balaban J connectivity index is 1.52. The van der Waals surface area contributed by atoms with Crippen molar-refractivity contribution in [3.63, 3.8) is 0 Å². The third kappa shape index (κ3) is 4.10. The topological polar surface area (TPSA) is 72.6 Å². The van der Waals surface area contributed by atoms with Gasteiger partial charge >= 0.3 is 0 Å². The molecule has 2 aliphatic rings. The Labute approximate surface area is 176 Å². The molecule has 30 heavy (non-hydrogen) atoms. The van der Waals surface area contributed by atoms with Crippen LogP contribution in [0.4, 0.5) is 4.39 Å². The zero-order valence-corrected chi connectivity index (χ0v) is 17.0. The van der Waals surface area contributed by atoms with Gasteiger partial charge in [-0.05, 0) is 49.3 Å². The molecule has 6 heteroatoms. The SMILES string of the molecule is NC(=O)[C@]1(Cc2ccc(-c3ccccc3F)cc2)CCCN(C(=O)[C@H]2CCCO2)C1. The van der Waals surface area contributed by atoms with Gasteiger partial charge in [0.2, 0.25) is 5.91 Å². The molecule has 2 saturated heterocycles. The molecule has 2 N–H and O–H groups in total. The first kappa shape index (κ1) is 20.5. The summed E-state index contributed by atoms with van der Waals surface area (Å²) in [4.78, 5) is 27.1. The Morgan fingerprint density at radius 1 is 1.13 bits per heavy atom. The van der Waals surface area contributed by atoms with Crippen molar-refractivity contribution in [2.75, 3.05) is 19.7 Å². The van der Waals surface area contributed by atoms with Crippen LogP contribution >= 0.6 is 0 Å². The number of hydrogen-bond acceptors (Lipinski definition) is 3. The van der Waals surface area contributed by atoms with Crippen LogP contribution in [0.15, 0.2) is 48.5 Å². The van der Waals surface area contributed by atoms with Crippen molar-refractivity contribution in [1.82, 2.24) is 4.90 Å². The fraction of sp³-hybridized carbons (Fsp3) is 0.417. The van der Waals surface area contributed by atoms with Crippen LogP contribution in [0.1, 0.15) is 31.2 Å². The molecule has 2 amide bonds. The van der Waals surface area contributed by atoms with E-state index in [1.54, 1.807) is 23.1 Å². The van der Waals surface area contributed by atoms with Crippen molar-refractivity contribution in [3.05, 3.63) is 59.9 Å². The highest BCUT2D eigenvalue weighted by atomic mass is 19.1. The van der Waals surface area contributed by atoms with E-state index < -0.39 is 11.5 Å². The van der Waals surface area contributed by atoms with E-state index in [2.05, 4.69) is 0 Å². The Morgan fingerprint density at radius 3 is 2.57 bits per heavy atom. The second kappa shape index (κ2) is 8.56. The van der Waals surface area contributed by atoms with Gasteiger partial charge in [-0.1, -0.05) is 42.5 Å². The molecule has 5 nitrogen and oxygen atoms in total. The van der Waals surface area contributed by atoms with Crippen molar-refractivity contribution in [2.45, 2.75) is 38.2 Å². The minimum atomic E-state index is -0.800. The number of carbonyl (C=O) groups is 2. The zero-order chi connectivity index (χ0) is 21.1. The minimum absolute atomic E-state index is 0.0345. The van der Waals surface area contributed by atoms with Gasteiger partial charge in [0.1, 0.15) is 11.9 Å². The molecule has 4 rings (SSSR count). The predicted molar refractivity (Wildman–Crippen MR) is 112 cm³/mol. The molecule has 0 saturated carbocycles. The Bertz CT molecular complexity index is 924. The first-order valence-corrected chi connectivity index (χ1v) is 10.5. The molecule has 2 fully saturated rings. The number of ether oxygens (including phenoxy) is 1. The summed E-state index contributed by atoms with van der Waals surface area (Å²) in [7, 11) is 0. The quantitative estimate of drug-likeness (QED) is 0.822. The highest BCUT2D eigenvalue weighted by Gasteiger charge is 2.43. The monoisotopic (exact) mass is 410 g/mol. The number of nitrogens with zero attached hydrogens (tertiary/aromatic N) is 1.